The predicted molar refractivity (Wildman–Crippen MR) is 51.0 cm³/mol. The minimum absolute atomic E-state index is 0.125. The van der Waals surface area contributed by atoms with Crippen LogP contribution in [0.25, 0.3) is 0 Å². The topological polar surface area (TPSA) is 127 Å². The lowest BCUT2D eigenvalue weighted by Crippen LogP contribution is -2.12. The van der Waals surface area contributed by atoms with Crippen LogP contribution in [0.3, 0.4) is 0 Å². The quantitative estimate of drug-likeness (QED) is 0.394. The molecule has 0 saturated heterocycles. The monoisotopic (exact) mass is 206 g/mol. The Bertz CT molecular complexity index is 143. The Labute approximate surface area is 82.9 Å². The second-order valence-corrected chi connectivity index (χ2v) is 2.59. The lowest BCUT2D eigenvalue weighted by atomic mass is 10.2. The van der Waals surface area contributed by atoms with Crippen molar-refractivity contribution in [1.29, 1.82) is 0 Å². The lowest BCUT2D eigenvalue weighted by Gasteiger charge is -1.93. The van der Waals surface area contributed by atoms with Crippen LogP contribution in [0.2, 0.25) is 0 Å². The molecule has 6 nitrogen and oxygen atoms in total. The van der Waals surface area contributed by atoms with Crippen molar-refractivity contribution in [2.24, 2.45) is 11.5 Å². The number of hydrogen-bond acceptors (Lipinski definition) is 4. The van der Waals surface area contributed by atoms with Crippen LogP contribution >= 0.6 is 0 Å². The molecular formula is C8H18N2O4. The number of carbonyl (C=O) groups excluding carboxylic acids is 2. The van der Waals surface area contributed by atoms with Gasteiger partial charge < -0.3 is 21.7 Å². The summed E-state index contributed by atoms with van der Waals surface area (Å²) >= 11 is 0. The van der Waals surface area contributed by atoms with Gasteiger partial charge >= 0.3 is 0 Å². The number of amides is 2. The summed E-state index contributed by atoms with van der Waals surface area (Å²) in [7, 11) is 0. The summed E-state index contributed by atoms with van der Waals surface area (Å²) in [4.78, 5) is 20.3. The van der Waals surface area contributed by atoms with Crippen LogP contribution in [0.15, 0.2) is 0 Å². The molecule has 0 bridgehead atoms. The SMILES string of the molecule is NC(=O)CCCCC(N)=O.OCCO. The molecule has 0 aromatic carbocycles. The van der Waals surface area contributed by atoms with Crippen molar-refractivity contribution in [2.75, 3.05) is 13.2 Å². The zero-order valence-corrected chi connectivity index (χ0v) is 8.11. The fraction of sp³-hybridized carbons (Fsp3) is 0.750. The first kappa shape index (κ1) is 15.3. The van der Waals surface area contributed by atoms with Gasteiger partial charge in [-0.3, -0.25) is 9.59 Å². The molecule has 0 aliphatic carbocycles. The highest BCUT2D eigenvalue weighted by Crippen LogP contribution is 1.97. The van der Waals surface area contributed by atoms with Gasteiger partial charge in [0.2, 0.25) is 11.8 Å². The van der Waals surface area contributed by atoms with Crippen molar-refractivity contribution in [3.63, 3.8) is 0 Å². The third-order valence-electron chi connectivity index (χ3n) is 1.20. The van der Waals surface area contributed by atoms with Gasteiger partial charge in [-0.2, -0.15) is 0 Å². The molecule has 0 atom stereocenters. The molecule has 0 radical (unpaired) electrons. The molecule has 0 fully saturated rings. The van der Waals surface area contributed by atoms with Crippen molar-refractivity contribution in [2.45, 2.75) is 25.7 Å². The molecule has 0 saturated carbocycles. The van der Waals surface area contributed by atoms with Crippen LogP contribution in [0, 0.1) is 0 Å². The van der Waals surface area contributed by atoms with E-state index < -0.39 is 0 Å². The minimum Gasteiger partial charge on any atom is -0.394 e. The number of hydrogen-bond donors (Lipinski definition) is 4. The van der Waals surface area contributed by atoms with Crippen LogP contribution in [0.4, 0.5) is 0 Å². The molecule has 0 aliphatic heterocycles. The maximum atomic E-state index is 10.2. The Morgan fingerprint density at radius 3 is 1.29 bits per heavy atom. The van der Waals surface area contributed by atoms with Gasteiger partial charge in [-0.05, 0) is 12.8 Å². The molecule has 0 aromatic heterocycles. The lowest BCUT2D eigenvalue weighted by molar-refractivity contribution is -0.119. The van der Waals surface area contributed by atoms with Gasteiger partial charge in [0.1, 0.15) is 0 Å². The highest BCUT2D eigenvalue weighted by atomic mass is 16.3. The van der Waals surface area contributed by atoms with Gasteiger partial charge in [-0.15, -0.1) is 0 Å². The highest BCUT2D eigenvalue weighted by Gasteiger charge is 1.96. The fourth-order valence-electron chi connectivity index (χ4n) is 0.598. The maximum absolute atomic E-state index is 10.2. The summed E-state index contributed by atoms with van der Waals surface area (Å²) in [5.41, 5.74) is 9.71. The summed E-state index contributed by atoms with van der Waals surface area (Å²) < 4.78 is 0. The first-order chi connectivity index (χ1) is 6.54. The molecule has 0 spiro atoms. The fourth-order valence-corrected chi connectivity index (χ4v) is 0.598. The Kier molecular flexibility index (Phi) is 13.0. The molecule has 84 valence electrons. The Morgan fingerprint density at radius 1 is 0.857 bits per heavy atom. The number of carbonyl (C=O) groups is 2. The Morgan fingerprint density at radius 2 is 1.14 bits per heavy atom. The minimum atomic E-state index is -0.329. The summed E-state index contributed by atoms with van der Waals surface area (Å²) in [5.74, 6) is -0.658. The van der Waals surface area contributed by atoms with Gasteiger partial charge in [-0.1, -0.05) is 0 Å². The van der Waals surface area contributed by atoms with Crippen molar-refractivity contribution < 1.29 is 19.8 Å². The number of aliphatic hydroxyl groups excluding tert-OH is 2. The van der Waals surface area contributed by atoms with Crippen LogP contribution in [-0.2, 0) is 9.59 Å². The Hall–Kier alpha value is -1.14. The van der Waals surface area contributed by atoms with Gasteiger partial charge in [0.05, 0.1) is 13.2 Å². The normalized spacial score (nSPS) is 8.71. The van der Waals surface area contributed by atoms with E-state index in [1.54, 1.807) is 0 Å². The van der Waals surface area contributed by atoms with E-state index in [4.69, 9.17) is 21.7 Å². The summed E-state index contributed by atoms with van der Waals surface area (Å²) in [6, 6.07) is 0. The largest absolute Gasteiger partial charge is 0.394 e. The van der Waals surface area contributed by atoms with Crippen molar-refractivity contribution in [1.82, 2.24) is 0 Å². The average Bonchev–Trinajstić information content (AvgIpc) is 2.12. The van der Waals surface area contributed by atoms with Gasteiger partial charge in [0.15, 0.2) is 0 Å². The van der Waals surface area contributed by atoms with E-state index >= 15 is 0 Å². The van der Waals surface area contributed by atoms with Crippen LogP contribution in [-0.4, -0.2) is 35.2 Å². The second-order valence-electron chi connectivity index (χ2n) is 2.59. The molecular weight excluding hydrogens is 188 g/mol. The molecule has 6 heteroatoms. The molecule has 6 N–H and O–H groups in total. The molecule has 2 amide bonds. The van der Waals surface area contributed by atoms with Gasteiger partial charge in [0, 0.05) is 12.8 Å². The second kappa shape index (κ2) is 11.9. The first-order valence-electron chi connectivity index (χ1n) is 4.33. The summed E-state index contributed by atoms with van der Waals surface area (Å²) in [5, 5.41) is 15.2. The molecule has 14 heavy (non-hydrogen) atoms. The van der Waals surface area contributed by atoms with Gasteiger partial charge in [-0.25, -0.2) is 0 Å². The van der Waals surface area contributed by atoms with Crippen LogP contribution in [0.5, 0.6) is 0 Å². The highest BCUT2D eigenvalue weighted by molar-refractivity contribution is 5.74. The summed E-state index contributed by atoms with van der Waals surface area (Å²) in [6.45, 7) is -0.250. The molecule has 0 heterocycles. The summed E-state index contributed by atoms with van der Waals surface area (Å²) in [6.07, 6.45) is 1.98. The molecule has 0 unspecified atom stereocenters. The first-order valence-corrected chi connectivity index (χ1v) is 4.33. The third-order valence-corrected chi connectivity index (χ3v) is 1.20. The van der Waals surface area contributed by atoms with E-state index in [1.807, 2.05) is 0 Å². The molecule has 0 aromatic rings. The van der Waals surface area contributed by atoms with Crippen molar-refractivity contribution in [3.05, 3.63) is 0 Å². The predicted octanol–water partition coefficient (Wildman–Crippen LogP) is -1.51. The van der Waals surface area contributed by atoms with E-state index in [0.717, 1.165) is 0 Å². The zero-order valence-electron chi connectivity index (χ0n) is 8.11. The number of primary amides is 2. The van der Waals surface area contributed by atoms with Crippen LogP contribution in [0.1, 0.15) is 25.7 Å². The zero-order chi connectivity index (χ0) is 11.4. The number of rotatable bonds is 6. The van der Waals surface area contributed by atoms with Crippen LogP contribution < -0.4 is 11.5 Å². The van der Waals surface area contributed by atoms with E-state index in [0.29, 0.717) is 25.7 Å². The van der Waals surface area contributed by atoms with E-state index in [2.05, 4.69) is 0 Å². The standard InChI is InChI=1S/C6H12N2O2.C2H6O2/c7-5(9)3-1-2-4-6(8)10;3-1-2-4/h1-4H2,(H2,7,9)(H2,8,10);3-4H,1-2H2. The smallest absolute Gasteiger partial charge is 0.217 e. The number of unbranched alkanes of at least 4 members (excludes halogenated alkanes) is 1. The number of aliphatic hydroxyl groups is 2. The van der Waals surface area contributed by atoms with E-state index in [9.17, 15) is 9.59 Å². The maximum Gasteiger partial charge on any atom is 0.217 e. The van der Waals surface area contributed by atoms with Crippen molar-refractivity contribution >= 4 is 11.8 Å². The van der Waals surface area contributed by atoms with E-state index in [-0.39, 0.29) is 25.0 Å². The molecule has 0 aliphatic rings. The van der Waals surface area contributed by atoms with Gasteiger partial charge in [0.25, 0.3) is 0 Å². The van der Waals surface area contributed by atoms with Crippen molar-refractivity contribution in [3.8, 4) is 0 Å². The Balaban J connectivity index is 0. The third kappa shape index (κ3) is 22.4. The molecule has 0 rings (SSSR count). The van der Waals surface area contributed by atoms with E-state index in [1.165, 1.54) is 0 Å². The average molecular weight is 206 g/mol. The number of nitrogens with two attached hydrogens (primary N) is 2.